The molecular formula is C30H32N2O2. The molecule has 0 aliphatic carbocycles. The molecule has 174 valence electrons. The predicted molar refractivity (Wildman–Crippen MR) is 145 cm³/mol. The molecule has 4 nitrogen and oxygen atoms in total. The fourth-order valence-electron chi connectivity index (χ4n) is 4.42. The molecule has 0 saturated carbocycles. The molecule has 0 heterocycles. The molecule has 0 fully saturated rings. The van der Waals surface area contributed by atoms with Gasteiger partial charge in [-0.25, -0.2) is 0 Å². The molecule has 4 aromatic rings. The number of nitrogens with zero attached hydrogens (tertiary/aromatic N) is 2. The molecule has 0 N–H and O–H groups in total. The van der Waals surface area contributed by atoms with E-state index in [1.54, 1.807) is 0 Å². The van der Waals surface area contributed by atoms with Crippen molar-refractivity contribution in [2.24, 2.45) is 0 Å². The Labute approximate surface area is 201 Å². The minimum absolute atomic E-state index is 0.110. The van der Waals surface area contributed by atoms with E-state index in [0.29, 0.717) is 24.0 Å². The monoisotopic (exact) mass is 452 g/mol. The SMILES string of the molecule is CCC(=O)c1cc(-c2cc(C(=O)CC)cc3ccc(N(C)C)cc23)c2cc(N(C)C)ccc2c1. The number of carbonyl (C=O) groups is 2. The first kappa shape index (κ1) is 23.5. The molecule has 4 rings (SSSR count). The summed E-state index contributed by atoms with van der Waals surface area (Å²) in [5.74, 6) is 0.220. The van der Waals surface area contributed by atoms with E-state index in [9.17, 15) is 9.59 Å². The van der Waals surface area contributed by atoms with Crippen molar-refractivity contribution in [3.05, 3.63) is 71.8 Å². The van der Waals surface area contributed by atoms with E-state index in [2.05, 4.69) is 46.2 Å². The smallest absolute Gasteiger partial charge is 0.162 e. The predicted octanol–water partition coefficient (Wildman–Crippen LogP) is 6.98. The standard InChI is InChI=1S/C30H32N2O2/c1-7-29(33)21-13-19-9-11-23(31(3)4)17-25(19)27(15-21)28-16-22(30(34)8-2)14-20-10-12-24(32(5)6)18-26(20)28/h9-18H,7-8H2,1-6H3. The maximum atomic E-state index is 12.8. The Morgan fingerprint density at radius 2 is 0.971 bits per heavy atom. The number of hydrogen-bond acceptors (Lipinski definition) is 4. The van der Waals surface area contributed by atoms with E-state index in [4.69, 9.17) is 0 Å². The van der Waals surface area contributed by atoms with Crippen LogP contribution in [0.3, 0.4) is 0 Å². The minimum atomic E-state index is 0.110. The van der Waals surface area contributed by atoms with Crippen LogP contribution in [-0.2, 0) is 0 Å². The van der Waals surface area contributed by atoms with Gasteiger partial charge in [0.25, 0.3) is 0 Å². The summed E-state index contributed by atoms with van der Waals surface area (Å²) in [6.07, 6.45) is 0.890. The topological polar surface area (TPSA) is 40.6 Å². The van der Waals surface area contributed by atoms with Crippen LogP contribution in [0.25, 0.3) is 32.7 Å². The Balaban J connectivity index is 2.15. The Kier molecular flexibility index (Phi) is 6.43. The van der Waals surface area contributed by atoms with E-state index in [1.165, 1.54) is 0 Å². The van der Waals surface area contributed by atoms with Crippen LogP contribution >= 0.6 is 0 Å². The molecule has 34 heavy (non-hydrogen) atoms. The van der Waals surface area contributed by atoms with Gasteiger partial charge in [-0.3, -0.25) is 9.59 Å². The second kappa shape index (κ2) is 9.30. The lowest BCUT2D eigenvalue weighted by Gasteiger charge is -2.19. The van der Waals surface area contributed by atoms with Crippen molar-refractivity contribution in [1.29, 1.82) is 0 Å². The molecule has 0 spiro atoms. The van der Waals surface area contributed by atoms with Gasteiger partial charge in [0, 0.05) is 63.5 Å². The number of benzene rings is 4. The van der Waals surface area contributed by atoms with E-state index in [-0.39, 0.29) is 11.6 Å². The van der Waals surface area contributed by atoms with Crippen molar-refractivity contribution in [3.63, 3.8) is 0 Å². The first-order valence-electron chi connectivity index (χ1n) is 11.8. The number of fused-ring (bicyclic) bond motifs is 2. The molecule has 4 aromatic carbocycles. The van der Waals surface area contributed by atoms with Crippen LogP contribution in [0.5, 0.6) is 0 Å². The molecule has 0 amide bonds. The van der Waals surface area contributed by atoms with Crippen molar-refractivity contribution < 1.29 is 9.59 Å². The summed E-state index contributed by atoms with van der Waals surface area (Å²) in [6, 6.07) is 20.6. The second-order valence-corrected chi connectivity index (χ2v) is 9.20. The summed E-state index contributed by atoms with van der Waals surface area (Å²) >= 11 is 0. The van der Waals surface area contributed by atoms with Gasteiger partial charge in [0.05, 0.1) is 0 Å². The quantitative estimate of drug-likeness (QED) is 0.284. The van der Waals surface area contributed by atoms with Crippen LogP contribution < -0.4 is 9.80 Å². The number of Topliss-reactive ketones (excluding diaryl/α,β-unsaturated/α-hetero) is 2. The highest BCUT2D eigenvalue weighted by atomic mass is 16.1. The zero-order valence-corrected chi connectivity index (χ0v) is 20.9. The third-order valence-corrected chi connectivity index (χ3v) is 6.48. The number of hydrogen-bond donors (Lipinski definition) is 0. The van der Waals surface area contributed by atoms with Crippen molar-refractivity contribution in [3.8, 4) is 11.1 Å². The van der Waals surface area contributed by atoms with Gasteiger partial charge in [-0.15, -0.1) is 0 Å². The minimum Gasteiger partial charge on any atom is -0.378 e. The average molecular weight is 453 g/mol. The summed E-state index contributed by atoms with van der Waals surface area (Å²) in [5, 5.41) is 4.17. The largest absolute Gasteiger partial charge is 0.378 e. The van der Waals surface area contributed by atoms with Gasteiger partial charge >= 0.3 is 0 Å². The van der Waals surface area contributed by atoms with E-state index in [1.807, 2.05) is 66.3 Å². The van der Waals surface area contributed by atoms with Crippen LogP contribution in [0, 0.1) is 0 Å². The average Bonchev–Trinajstić information content (AvgIpc) is 2.85. The molecule has 0 unspecified atom stereocenters. The lowest BCUT2D eigenvalue weighted by molar-refractivity contribution is 0.0980. The van der Waals surface area contributed by atoms with Crippen molar-refractivity contribution in [2.45, 2.75) is 26.7 Å². The van der Waals surface area contributed by atoms with Gasteiger partial charge in [0.1, 0.15) is 0 Å². The second-order valence-electron chi connectivity index (χ2n) is 9.20. The van der Waals surface area contributed by atoms with Gasteiger partial charge in [-0.1, -0.05) is 26.0 Å². The fraction of sp³-hybridized carbons (Fsp3) is 0.267. The highest BCUT2D eigenvalue weighted by molar-refractivity contribution is 6.12. The van der Waals surface area contributed by atoms with Crippen molar-refractivity contribution in [1.82, 2.24) is 0 Å². The van der Waals surface area contributed by atoms with Crippen LogP contribution in [0.4, 0.5) is 11.4 Å². The maximum absolute atomic E-state index is 12.8. The van der Waals surface area contributed by atoms with Gasteiger partial charge in [-0.05, 0) is 81.2 Å². The Morgan fingerprint density at radius 1 is 0.588 bits per heavy atom. The van der Waals surface area contributed by atoms with Gasteiger partial charge in [0.2, 0.25) is 0 Å². The third kappa shape index (κ3) is 4.28. The van der Waals surface area contributed by atoms with E-state index < -0.39 is 0 Å². The van der Waals surface area contributed by atoms with Gasteiger partial charge in [-0.2, -0.15) is 0 Å². The number of rotatable bonds is 7. The summed E-state index contributed by atoms with van der Waals surface area (Å²) in [5.41, 5.74) is 5.53. The molecular weight excluding hydrogens is 420 g/mol. The highest BCUT2D eigenvalue weighted by Gasteiger charge is 2.17. The first-order valence-corrected chi connectivity index (χ1v) is 11.8. The lowest BCUT2D eigenvalue weighted by Crippen LogP contribution is -2.09. The molecule has 0 aliphatic heterocycles. The van der Waals surface area contributed by atoms with Crippen LogP contribution in [0.1, 0.15) is 47.4 Å². The lowest BCUT2D eigenvalue weighted by atomic mass is 9.88. The fourth-order valence-corrected chi connectivity index (χ4v) is 4.42. The van der Waals surface area contributed by atoms with Crippen LogP contribution in [-0.4, -0.2) is 39.8 Å². The number of ketones is 2. The normalized spacial score (nSPS) is 11.1. The summed E-state index contributed by atoms with van der Waals surface area (Å²) in [4.78, 5) is 29.7. The van der Waals surface area contributed by atoms with Crippen molar-refractivity contribution >= 4 is 44.5 Å². The molecule has 0 aliphatic rings. The third-order valence-electron chi connectivity index (χ3n) is 6.48. The maximum Gasteiger partial charge on any atom is 0.162 e. The van der Waals surface area contributed by atoms with Crippen LogP contribution in [0.15, 0.2) is 60.7 Å². The Hall–Kier alpha value is -3.66. The zero-order chi connectivity index (χ0) is 24.6. The molecule has 4 heteroatoms. The molecule has 0 atom stereocenters. The number of carbonyl (C=O) groups excluding carboxylic acids is 2. The summed E-state index contributed by atoms with van der Waals surface area (Å²) in [6.45, 7) is 3.78. The summed E-state index contributed by atoms with van der Waals surface area (Å²) < 4.78 is 0. The molecule has 0 aromatic heterocycles. The summed E-state index contributed by atoms with van der Waals surface area (Å²) in [7, 11) is 8.09. The van der Waals surface area contributed by atoms with Gasteiger partial charge < -0.3 is 9.80 Å². The van der Waals surface area contributed by atoms with E-state index in [0.717, 1.165) is 44.0 Å². The molecule has 0 saturated heterocycles. The van der Waals surface area contributed by atoms with Crippen LogP contribution in [0.2, 0.25) is 0 Å². The molecule has 0 radical (unpaired) electrons. The zero-order valence-electron chi connectivity index (χ0n) is 20.9. The first-order chi connectivity index (χ1) is 16.2. The van der Waals surface area contributed by atoms with E-state index >= 15 is 0 Å². The molecule has 0 bridgehead atoms. The Morgan fingerprint density at radius 3 is 1.29 bits per heavy atom. The highest BCUT2D eigenvalue weighted by Crippen LogP contribution is 2.39. The Bertz CT molecular complexity index is 1310. The van der Waals surface area contributed by atoms with Gasteiger partial charge in [0.15, 0.2) is 11.6 Å². The van der Waals surface area contributed by atoms with Crippen molar-refractivity contribution in [2.75, 3.05) is 38.0 Å². The number of anilines is 2.